The number of benzene rings is 2. The lowest BCUT2D eigenvalue weighted by Gasteiger charge is -2.23. The predicted octanol–water partition coefficient (Wildman–Crippen LogP) is 3.12. The van der Waals surface area contributed by atoms with Crippen molar-refractivity contribution in [1.29, 1.82) is 0 Å². The molecule has 4 rings (SSSR count). The number of aryl methyl sites for hydroxylation is 1. The van der Waals surface area contributed by atoms with E-state index in [1.807, 2.05) is 36.4 Å². The van der Waals surface area contributed by atoms with Crippen LogP contribution in [0.25, 0.3) is 27.9 Å². The highest BCUT2D eigenvalue weighted by Gasteiger charge is 2.24. The van der Waals surface area contributed by atoms with Crippen LogP contribution in [0.3, 0.4) is 0 Å². The second kappa shape index (κ2) is 4.38. The molecule has 1 heterocycles. The Morgan fingerprint density at radius 2 is 1.81 bits per heavy atom. The van der Waals surface area contributed by atoms with Gasteiger partial charge in [-0.1, -0.05) is 42.5 Å². The van der Waals surface area contributed by atoms with E-state index in [0.717, 1.165) is 32.9 Å². The molecule has 0 radical (unpaired) electrons. The van der Waals surface area contributed by atoms with Crippen molar-refractivity contribution in [1.82, 2.24) is 4.98 Å². The molecule has 0 bridgehead atoms. The number of nitrogens with zero attached hydrogens (tertiary/aromatic N) is 1. The van der Waals surface area contributed by atoms with Crippen molar-refractivity contribution in [3.63, 3.8) is 0 Å². The zero-order chi connectivity index (χ0) is 14.6. The molecule has 0 saturated carbocycles. The highest BCUT2D eigenvalue weighted by molar-refractivity contribution is 6.01. The van der Waals surface area contributed by atoms with Crippen LogP contribution in [0.4, 0.5) is 0 Å². The highest BCUT2D eigenvalue weighted by atomic mass is 16.3. The fraction of sp³-hybridized carbons (Fsp3) is 0.167. The normalized spacial score (nSPS) is 20.9. The average molecular weight is 277 g/mol. The molecule has 3 aromatic rings. The second-order valence-electron chi connectivity index (χ2n) is 5.51. The van der Waals surface area contributed by atoms with Crippen LogP contribution < -0.4 is 0 Å². The Morgan fingerprint density at radius 1 is 1.00 bits per heavy atom. The van der Waals surface area contributed by atoms with Gasteiger partial charge in [0.2, 0.25) is 0 Å². The summed E-state index contributed by atoms with van der Waals surface area (Å²) < 4.78 is 0. The maximum atomic E-state index is 10.1. The van der Waals surface area contributed by atoms with E-state index < -0.39 is 12.2 Å². The molecule has 1 aromatic heterocycles. The van der Waals surface area contributed by atoms with Crippen LogP contribution in [0.2, 0.25) is 0 Å². The van der Waals surface area contributed by atoms with Crippen molar-refractivity contribution in [3.8, 4) is 0 Å². The lowest BCUT2D eigenvalue weighted by Crippen LogP contribution is -2.19. The van der Waals surface area contributed by atoms with Gasteiger partial charge in [0.05, 0.1) is 11.0 Å². The summed E-state index contributed by atoms with van der Waals surface area (Å²) in [5, 5.41) is 22.1. The second-order valence-corrected chi connectivity index (χ2v) is 5.51. The number of hydrogen-bond donors (Lipinski definition) is 2. The molecule has 1 aliphatic carbocycles. The zero-order valence-corrected chi connectivity index (χ0v) is 11.6. The molecule has 0 saturated heterocycles. The Labute approximate surface area is 122 Å². The number of fused-ring (bicyclic) bond motifs is 4. The first-order chi connectivity index (χ1) is 10.2. The third-order valence-corrected chi connectivity index (χ3v) is 4.30. The fourth-order valence-corrected chi connectivity index (χ4v) is 3.12. The number of aliphatic hydroxyl groups excluding tert-OH is 2. The third-order valence-electron chi connectivity index (χ3n) is 4.30. The van der Waals surface area contributed by atoms with Crippen molar-refractivity contribution >= 4 is 27.9 Å². The van der Waals surface area contributed by atoms with Crippen LogP contribution in [0, 0.1) is 6.92 Å². The zero-order valence-electron chi connectivity index (χ0n) is 11.6. The van der Waals surface area contributed by atoms with Crippen LogP contribution in [-0.4, -0.2) is 21.3 Å². The largest absolute Gasteiger partial charge is 0.386 e. The molecule has 0 fully saturated rings. The maximum Gasteiger partial charge on any atom is 0.109 e. The monoisotopic (exact) mass is 277 g/mol. The molecule has 2 atom stereocenters. The van der Waals surface area contributed by atoms with Crippen LogP contribution in [0.15, 0.2) is 42.5 Å². The molecule has 0 aliphatic heterocycles. The number of hydrogen-bond acceptors (Lipinski definition) is 3. The van der Waals surface area contributed by atoms with Gasteiger partial charge in [0, 0.05) is 16.3 Å². The first-order valence-electron chi connectivity index (χ1n) is 7.03. The summed E-state index contributed by atoms with van der Waals surface area (Å²) in [5.74, 6) is 0. The van der Waals surface area contributed by atoms with Gasteiger partial charge in [-0.25, -0.2) is 4.98 Å². The summed E-state index contributed by atoms with van der Waals surface area (Å²) in [7, 11) is 0. The SMILES string of the molecule is Cc1c2ccccc2nc2c3c(ccc12)[C@@H](O)[C@H](O)C=C3. The molecular weight excluding hydrogens is 262 g/mol. The summed E-state index contributed by atoms with van der Waals surface area (Å²) in [5.41, 5.74) is 4.65. The number of rotatable bonds is 0. The Kier molecular flexibility index (Phi) is 2.61. The Balaban J connectivity index is 2.15. The lowest BCUT2D eigenvalue weighted by molar-refractivity contribution is 0.0471. The molecule has 0 unspecified atom stereocenters. The first kappa shape index (κ1) is 12.5. The van der Waals surface area contributed by atoms with Crippen molar-refractivity contribution in [2.24, 2.45) is 0 Å². The topological polar surface area (TPSA) is 53.4 Å². The minimum absolute atomic E-state index is 0.736. The predicted molar refractivity (Wildman–Crippen MR) is 84.0 cm³/mol. The van der Waals surface area contributed by atoms with Gasteiger partial charge in [0.25, 0.3) is 0 Å². The van der Waals surface area contributed by atoms with Crippen LogP contribution in [0.1, 0.15) is 22.8 Å². The number of aliphatic hydroxyl groups is 2. The summed E-state index contributed by atoms with van der Waals surface area (Å²) in [4.78, 5) is 4.77. The Hall–Kier alpha value is -2.23. The Bertz CT molecular complexity index is 898. The van der Waals surface area contributed by atoms with Gasteiger partial charge in [-0.3, -0.25) is 0 Å². The molecular formula is C18H15NO2. The van der Waals surface area contributed by atoms with E-state index in [1.54, 1.807) is 6.08 Å². The summed E-state index contributed by atoms with van der Waals surface area (Å²) >= 11 is 0. The summed E-state index contributed by atoms with van der Waals surface area (Å²) in [6, 6.07) is 11.9. The number of pyridine rings is 1. The minimum atomic E-state index is -0.886. The third kappa shape index (κ3) is 1.71. The molecule has 0 amide bonds. The lowest BCUT2D eigenvalue weighted by atomic mass is 9.89. The van der Waals surface area contributed by atoms with Crippen molar-refractivity contribution in [2.75, 3.05) is 0 Å². The summed E-state index contributed by atoms with van der Waals surface area (Å²) in [6.07, 6.45) is 1.74. The van der Waals surface area contributed by atoms with Crippen molar-refractivity contribution in [3.05, 3.63) is 59.2 Å². The molecule has 104 valence electrons. The molecule has 2 aromatic carbocycles. The van der Waals surface area contributed by atoms with E-state index in [4.69, 9.17) is 4.98 Å². The number of aromatic nitrogens is 1. The van der Waals surface area contributed by atoms with Gasteiger partial charge in [-0.15, -0.1) is 0 Å². The molecule has 3 heteroatoms. The van der Waals surface area contributed by atoms with E-state index >= 15 is 0 Å². The smallest absolute Gasteiger partial charge is 0.109 e. The van der Waals surface area contributed by atoms with Gasteiger partial charge in [-0.05, 0) is 24.1 Å². The minimum Gasteiger partial charge on any atom is -0.386 e. The Morgan fingerprint density at radius 3 is 2.67 bits per heavy atom. The maximum absolute atomic E-state index is 10.1. The highest BCUT2D eigenvalue weighted by Crippen LogP contribution is 2.35. The van der Waals surface area contributed by atoms with E-state index in [2.05, 4.69) is 13.0 Å². The van der Waals surface area contributed by atoms with Crippen LogP contribution in [-0.2, 0) is 0 Å². The average Bonchev–Trinajstić information content (AvgIpc) is 2.51. The van der Waals surface area contributed by atoms with Crippen molar-refractivity contribution < 1.29 is 10.2 Å². The van der Waals surface area contributed by atoms with Gasteiger partial charge >= 0.3 is 0 Å². The van der Waals surface area contributed by atoms with E-state index in [1.165, 1.54) is 5.56 Å². The molecule has 1 aliphatic rings. The van der Waals surface area contributed by atoms with Gasteiger partial charge in [0.15, 0.2) is 0 Å². The fourth-order valence-electron chi connectivity index (χ4n) is 3.12. The van der Waals surface area contributed by atoms with E-state index in [-0.39, 0.29) is 0 Å². The van der Waals surface area contributed by atoms with Crippen molar-refractivity contribution in [2.45, 2.75) is 19.1 Å². The summed E-state index contributed by atoms with van der Waals surface area (Å²) in [6.45, 7) is 2.09. The standard InChI is InChI=1S/C18H15NO2/c1-10-11-4-2-3-5-15(11)19-17-12(10)6-7-14-13(17)8-9-16(20)18(14)21/h2-9,16,18,20-21H,1H3/t16-,18-/m1/s1. The molecule has 21 heavy (non-hydrogen) atoms. The van der Waals surface area contributed by atoms with Gasteiger partial charge in [0.1, 0.15) is 12.2 Å². The molecule has 2 N–H and O–H groups in total. The number of para-hydroxylation sites is 1. The van der Waals surface area contributed by atoms with Crippen LogP contribution in [0.5, 0.6) is 0 Å². The quantitative estimate of drug-likeness (QED) is 0.621. The van der Waals surface area contributed by atoms with Gasteiger partial charge < -0.3 is 10.2 Å². The molecule has 3 nitrogen and oxygen atoms in total. The molecule has 0 spiro atoms. The van der Waals surface area contributed by atoms with E-state index in [9.17, 15) is 10.2 Å². The van der Waals surface area contributed by atoms with Crippen LogP contribution >= 0.6 is 0 Å². The van der Waals surface area contributed by atoms with Gasteiger partial charge in [-0.2, -0.15) is 0 Å². The van der Waals surface area contributed by atoms with E-state index in [0.29, 0.717) is 0 Å². The first-order valence-corrected chi connectivity index (χ1v) is 7.03.